The van der Waals surface area contributed by atoms with Crippen LogP contribution >= 0.6 is 0 Å². The van der Waals surface area contributed by atoms with Gasteiger partial charge in [0.05, 0.1) is 5.57 Å². The first-order chi connectivity index (χ1) is 12.8. The number of amides is 1. The van der Waals surface area contributed by atoms with Crippen molar-refractivity contribution < 1.29 is 9.53 Å². The van der Waals surface area contributed by atoms with Gasteiger partial charge in [0.15, 0.2) is 5.82 Å². The molecule has 0 saturated heterocycles. The Morgan fingerprint density at radius 1 is 1.15 bits per heavy atom. The first-order valence-corrected chi connectivity index (χ1v) is 8.44. The Morgan fingerprint density at radius 3 is 2.88 bits per heavy atom. The topological polar surface area (TPSA) is 69.0 Å². The van der Waals surface area contributed by atoms with Gasteiger partial charge in [-0.25, -0.2) is 0 Å². The molecule has 26 heavy (non-hydrogen) atoms. The summed E-state index contributed by atoms with van der Waals surface area (Å²) in [6.45, 7) is 0.991. The van der Waals surface area contributed by atoms with Crippen LogP contribution in [0.5, 0.6) is 5.75 Å². The molecule has 0 spiro atoms. The number of para-hydroxylation sites is 1. The monoisotopic (exact) mass is 346 g/mol. The molecule has 6 nitrogen and oxygen atoms in total. The molecule has 0 radical (unpaired) electrons. The number of carbonyl (C=O) groups is 1. The lowest BCUT2D eigenvalue weighted by atomic mass is 10.1. The maximum absolute atomic E-state index is 12.5. The van der Waals surface area contributed by atoms with Crippen molar-refractivity contribution in [1.82, 2.24) is 14.8 Å². The highest BCUT2D eigenvalue weighted by Gasteiger charge is 2.17. The largest absolute Gasteiger partial charge is 0.488 e. The van der Waals surface area contributed by atoms with Crippen LogP contribution in [0.15, 0.2) is 66.6 Å². The molecule has 1 aliphatic rings. The second-order valence-electron chi connectivity index (χ2n) is 6.02. The number of carbonyl (C=O) groups excluding carboxylic acids is 1. The number of anilines is 1. The van der Waals surface area contributed by atoms with Gasteiger partial charge in [0.2, 0.25) is 0 Å². The molecule has 130 valence electrons. The fourth-order valence-electron chi connectivity index (χ4n) is 2.79. The SMILES string of the molecule is O=C(Nc1ccn(CCc2ccncc2)n1)C1=Cc2ccccc2OC1. The molecule has 0 aliphatic carbocycles. The van der Waals surface area contributed by atoms with E-state index in [0.29, 0.717) is 11.4 Å². The van der Waals surface area contributed by atoms with E-state index in [1.807, 2.05) is 53.4 Å². The molecule has 1 aliphatic heterocycles. The highest BCUT2D eigenvalue weighted by molar-refractivity contribution is 6.07. The summed E-state index contributed by atoms with van der Waals surface area (Å²) in [6, 6.07) is 13.4. The molecule has 1 aromatic carbocycles. The van der Waals surface area contributed by atoms with Crippen LogP contribution in [0.3, 0.4) is 0 Å². The maximum Gasteiger partial charge on any atom is 0.256 e. The number of ether oxygens (including phenoxy) is 1. The van der Waals surface area contributed by atoms with Crippen molar-refractivity contribution in [3.05, 3.63) is 77.8 Å². The van der Waals surface area contributed by atoms with Crippen molar-refractivity contribution in [3.63, 3.8) is 0 Å². The highest BCUT2D eigenvalue weighted by Crippen LogP contribution is 2.26. The lowest BCUT2D eigenvalue weighted by Gasteiger charge is -2.16. The summed E-state index contributed by atoms with van der Waals surface area (Å²) in [7, 11) is 0. The molecule has 2 aromatic heterocycles. The van der Waals surface area contributed by atoms with Crippen LogP contribution in [-0.4, -0.2) is 27.3 Å². The van der Waals surface area contributed by atoms with Crippen LogP contribution < -0.4 is 10.1 Å². The van der Waals surface area contributed by atoms with Crippen LogP contribution in [0.4, 0.5) is 5.82 Å². The molecule has 1 N–H and O–H groups in total. The van der Waals surface area contributed by atoms with Crippen molar-refractivity contribution >= 4 is 17.8 Å². The molecular weight excluding hydrogens is 328 g/mol. The lowest BCUT2D eigenvalue weighted by Crippen LogP contribution is -2.21. The number of aromatic nitrogens is 3. The number of aryl methyl sites for hydroxylation is 2. The molecule has 3 aromatic rings. The number of nitrogens with one attached hydrogen (secondary N) is 1. The average molecular weight is 346 g/mol. The summed E-state index contributed by atoms with van der Waals surface area (Å²) < 4.78 is 7.44. The second-order valence-corrected chi connectivity index (χ2v) is 6.02. The van der Waals surface area contributed by atoms with Gasteiger partial charge in [-0.1, -0.05) is 18.2 Å². The van der Waals surface area contributed by atoms with E-state index in [2.05, 4.69) is 15.4 Å². The number of hydrogen-bond acceptors (Lipinski definition) is 4. The third-order valence-electron chi connectivity index (χ3n) is 4.18. The van der Waals surface area contributed by atoms with E-state index in [-0.39, 0.29) is 12.5 Å². The van der Waals surface area contributed by atoms with Gasteiger partial charge in [-0.3, -0.25) is 14.5 Å². The lowest BCUT2D eigenvalue weighted by molar-refractivity contribution is -0.113. The summed E-state index contributed by atoms with van der Waals surface area (Å²) in [5, 5.41) is 7.24. The first kappa shape index (κ1) is 16.1. The second kappa shape index (κ2) is 7.23. The fourth-order valence-corrected chi connectivity index (χ4v) is 2.79. The number of hydrogen-bond donors (Lipinski definition) is 1. The third kappa shape index (κ3) is 3.64. The van der Waals surface area contributed by atoms with E-state index < -0.39 is 0 Å². The number of pyridine rings is 1. The molecule has 1 amide bonds. The first-order valence-electron chi connectivity index (χ1n) is 8.44. The normalized spacial score (nSPS) is 12.7. The van der Waals surface area contributed by atoms with Crippen molar-refractivity contribution in [2.24, 2.45) is 0 Å². The van der Waals surface area contributed by atoms with Crippen LogP contribution in [0, 0.1) is 0 Å². The maximum atomic E-state index is 12.5. The zero-order valence-corrected chi connectivity index (χ0v) is 14.1. The van der Waals surface area contributed by atoms with Gasteiger partial charge in [-0.2, -0.15) is 5.10 Å². The van der Waals surface area contributed by atoms with Crippen LogP contribution in [0.2, 0.25) is 0 Å². The van der Waals surface area contributed by atoms with Crippen molar-refractivity contribution in [1.29, 1.82) is 0 Å². The van der Waals surface area contributed by atoms with Gasteiger partial charge >= 0.3 is 0 Å². The zero-order chi connectivity index (χ0) is 17.8. The zero-order valence-electron chi connectivity index (χ0n) is 14.1. The number of benzene rings is 1. The molecule has 0 saturated carbocycles. The quantitative estimate of drug-likeness (QED) is 0.771. The third-order valence-corrected chi connectivity index (χ3v) is 4.18. The number of fused-ring (bicyclic) bond motifs is 1. The summed E-state index contributed by atoms with van der Waals surface area (Å²) in [5.74, 6) is 1.13. The van der Waals surface area contributed by atoms with Crippen LogP contribution in [0.1, 0.15) is 11.1 Å². The highest BCUT2D eigenvalue weighted by atomic mass is 16.5. The fraction of sp³-hybridized carbons (Fsp3) is 0.150. The van der Waals surface area contributed by atoms with Crippen LogP contribution in [0.25, 0.3) is 6.08 Å². The van der Waals surface area contributed by atoms with Gasteiger partial charge in [0, 0.05) is 36.8 Å². The summed E-state index contributed by atoms with van der Waals surface area (Å²) in [5.41, 5.74) is 2.69. The Balaban J connectivity index is 1.38. The molecular formula is C20H18N4O2. The van der Waals surface area contributed by atoms with Gasteiger partial charge in [0.25, 0.3) is 5.91 Å². The minimum Gasteiger partial charge on any atom is -0.488 e. The summed E-state index contributed by atoms with van der Waals surface area (Å²) in [4.78, 5) is 16.5. The predicted octanol–water partition coefficient (Wildman–Crippen LogP) is 2.94. The minimum absolute atomic E-state index is 0.195. The van der Waals surface area contributed by atoms with E-state index in [0.717, 1.165) is 24.3 Å². The van der Waals surface area contributed by atoms with Gasteiger partial charge < -0.3 is 10.1 Å². The number of rotatable bonds is 5. The number of nitrogens with zero attached hydrogens (tertiary/aromatic N) is 3. The van der Waals surface area contributed by atoms with E-state index in [9.17, 15) is 4.79 Å². The minimum atomic E-state index is -0.195. The predicted molar refractivity (Wildman–Crippen MR) is 98.7 cm³/mol. The van der Waals surface area contributed by atoms with Gasteiger partial charge in [-0.15, -0.1) is 0 Å². The van der Waals surface area contributed by atoms with E-state index in [1.54, 1.807) is 18.5 Å². The Morgan fingerprint density at radius 2 is 2.00 bits per heavy atom. The molecule has 6 heteroatoms. The molecule has 4 rings (SSSR count). The Labute approximate surface area is 151 Å². The molecule has 3 heterocycles. The Bertz CT molecular complexity index is 947. The van der Waals surface area contributed by atoms with Crippen molar-refractivity contribution in [2.45, 2.75) is 13.0 Å². The molecule has 0 bridgehead atoms. The smallest absolute Gasteiger partial charge is 0.256 e. The van der Waals surface area contributed by atoms with Crippen LogP contribution in [-0.2, 0) is 17.8 Å². The molecule has 0 fully saturated rings. The van der Waals surface area contributed by atoms with Gasteiger partial charge in [-0.05, 0) is 36.3 Å². The van der Waals surface area contributed by atoms with E-state index in [4.69, 9.17) is 4.74 Å². The summed E-state index contributed by atoms with van der Waals surface area (Å²) >= 11 is 0. The summed E-state index contributed by atoms with van der Waals surface area (Å²) in [6.07, 6.45) is 8.13. The molecule has 0 unspecified atom stereocenters. The van der Waals surface area contributed by atoms with Crippen molar-refractivity contribution in [2.75, 3.05) is 11.9 Å². The molecule has 0 atom stereocenters. The standard InChI is InChI=1S/C20H18N4O2/c25-20(17-13-16-3-1-2-4-18(16)26-14-17)22-19-8-12-24(23-19)11-7-15-5-9-21-10-6-15/h1-6,8-10,12-13H,7,11,14H2,(H,22,23,25). The Kier molecular flexibility index (Phi) is 4.47. The van der Waals surface area contributed by atoms with E-state index in [1.165, 1.54) is 5.56 Å². The van der Waals surface area contributed by atoms with Gasteiger partial charge in [0.1, 0.15) is 12.4 Å². The Hall–Kier alpha value is -3.41. The van der Waals surface area contributed by atoms with E-state index >= 15 is 0 Å². The average Bonchev–Trinajstić information content (AvgIpc) is 3.14. The van der Waals surface area contributed by atoms with Crippen molar-refractivity contribution in [3.8, 4) is 5.75 Å².